The first kappa shape index (κ1) is 22.1. The lowest BCUT2D eigenvalue weighted by atomic mass is 9.50. The van der Waals surface area contributed by atoms with Crippen molar-refractivity contribution in [3.63, 3.8) is 0 Å². The summed E-state index contributed by atoms with van der Waals surface area (Å²) in [4.78, 5) is 30.4. The van der Waals surface area contributed by atoms with E-state index in [9.17, 15) is 9.59 Å². The summed E-state index contributed by atoms with van der Waals surface area (Å²) in [6.07, 6.45) is 10.9. The van der Waals surface area contributed by atoms with E-state index in [-0.39, 0.29) is 18.1 Å². The molecule has 1 aromatic heterocycles. The van der Waals surface area contributed by atoms with Crippen molar-refractivity contribution in [3.8, 4) is 12.0 Å². The molecule has 3 atom stereocenters. The number of rotatable bonds is 7. The molecule has 8 heteroatoms. The van der Waals surface area contributed by atoms with Gasteiger partial charge >= 0.3 is 12.9 Å². The smallest absolute Gasteiger partial charge is 0.387 e. The number of hydrogen-bond donors (Lipinski definition) is 0. The van der Waals surface area contributed by atoms with E-state index in [1.807, 2.05) is 13.8 Å². The molecule has 0 saturated heterocycles. The Morgan fingerprint density at radius 2 is 2.17 bits per heavy atom. The van der Waals surface area contributed by atoms with E-state index in [0.29, 0.717) is 17.6 Å². The molecule has 1 aliphatic heterocycles. The molecule has 3 unspecified atom stereocenters. The lowest BCUT2D eigenvalue weighted by Gasteiger charge is -2.48. The maximum Gasteiger partial charge on any atom is 0.387 e. The number of aromatic nitrogens is 1. The third-order valence-corrected chi connectivity index (χ3v) is 6.85. The van der Waals surface area contributed by atoms with Crippen molar-refractivity contribution in [2.45, 2.75) is 70.1 Å². The maximum atomic E-state index is 13.6. The van der Waals surface area contributed by atoms with Crippen LogP contribution in [0.2, 0.25) is 12.1 Å². The molecule has 1 fully saturated rings. The highest BCUT2D eigenvalue weighted by Crippen LogP contribution is 2.48. The summed E-state index contributed by atoms with van der Waals surface area (Å²) in [7, 11) is 1.31. The summed E-state index contributed by atoms with van der Waals surface area (Å²) >= 11 is 0. The second-order valence-electron chi connectivity index (χ2n) is 8.43. The quantitative estimate of drug-likeness (QED) is 0.378. The van der Waals surface area contributed by atoms with E-state index < -0.39 is 30.2 Å². The van der Waals surface area contributed by atoms with E-state index in [1.165, 1.54) is 13.5 Å². The predicted molar refractivity (Wildman–Crippen MR) is 111 cm³/mol. The van der Waals surface area contributed by atoms with Gasteiger partial charge in [-0.2, -0.15) is 5.26 Å². The molecule has 30 heavy (non-hydrogen) atoms. The van der Waals surface area contributed by atoms with Gasteiger partial charge in [-0.25, -0.2) is 0 Å². The first-order chi connectivity index (χ1) is 14.5. The van der Waals surface area contributed by atoms with Crippen LogP contribution < -0.4 is 4.74 Å². The molecular weight excluding hydrogens is 383 g/mol. The number of ketones is 1. The first-order valence-electron chi connectivity index (χ1n) is 10.8. The van der Waals surface area contributed by atoms with Gasteiger partial charge in [-0.1, -0.05) is 26.2 Å². The van der Waals surface area contributed by atoms with Gasteiger partial charge < -0.3 is 14.1 Å². The number of carbonyl (C=O) groups is 2. The Kier molecular flexibility index (Phi) is 7.01. The molecule has 0 N–H and O–H groups in total. The third-order valence-electron chi connectivity index (χ3n) is 6.85. The molecule has 0 radical (unpaired) electrons. The summed E-state index contributed by atoms with van der Waals surface area (Å²) < 4.78 is 16.7. The topological polar surface area (TPSA) is 98.5 Å². The maximum absolute atomic E-state index is 13.6. The van der Waals surface area contributed by atoms with Crippen LogP contribution in [-0.2, 0) is 14.2 Å². The van der Waals surface area contributed by atoms with E-state index in [0.717, 1.165) is 25.7 Å². The van der Waals surface area contributed by atoms with Gasteiger partial charge in [-0.3, -0.25) is 14.6 Å². The van der Waals surface area contributed by atoms with Gasteiger partial charge in [0.15, 0.2) is 5.78 Å². The fourth-order valence-electron chi connectivity index (χ4n) is 5.13. The minimum absolute atomic E-state index is 0.0487. The number of carbonyl (C=O) groups excluding carboxylic acids is 2. The zero-order chi connectivity index (χ0) is 21.7. The van der Waals surface area contributed by atoms with Crippen molar-refractivity contribution in [2.75, 3.05) is 7.11 Å². The molecule has 7 nitrogen and oxygen atoms in total. The van der Waals surface area contributed by atoms with Gasteiger partial charge in [0, 0.05) is 6.20 Å². The van der Waals surface area contributed by atoms with E-state index in [2.05, 4.69) is 4.98 Å². The van der Waals surface area contributed by atoms with Crippen LogP contribution in [0.25, 0.3) is 0 Å². The number of esters is 1. The Bertz CT molecular complexity index is 820. The van der Waals surface area contributed by atoms with Crippen LogP contribution in [0, 0.1) is 23.4 Å². The first-order valence-corrected chi connectivity index (χ1v) is 10.8. The Hall–Kier alpha value is -2.56. The van der Waals surface area contributed by atoms with Gasteiger partial charge in [-0.15, -0.1) is 0 Å². The molecule has 1 saturated carbocycles. The summed E-state index contributed by atoms with van der Waals surface area (Å²) in [5.41, 5.74) is -0.272. The Balaban J connectivity index is 2.01. The lowest BCUT2D eigenvalue weighted by molar-refractivity contribution is -0.141. The van der Waals surface area contributed by atoms with Crippen molar-refractivity contribution >= 4 is 18.7 Å². The molecule has 0 aromatic carbocycles. The van der Waals surface area contributed by atoms with Crippen LogP contribution in [0.15, 0.2) is 18.5 Å². The number of hydrogen-bond acceptors (Lipinski definition) is 7. The molecule has 0 spiro atoms. The molecular formula is C22H29BN2O5. The number of methoxy groups -OCH3 is 1. The van der Waals surface area contributed by atoms with E-state index >= 15 is 0 Å². The standard InChI is InChI=1S/C22H29BN2O5/c1-4-23(29-14-24)18(21(27)28-3)12-17-20(26)16-10-11-25-13-19(16)30-22(17,2)15-8-6-5-7-9-15/h10-11,13,15,17-18H,4-9,12H2,1-3H3. The minimum Gasteiger partial charge on any atom is -0.497 e. The number of nitrogens with zero attached hydrogens (tertiary/aromatic N) is 2. The molecule has 2 aliphatic rings. The predicted octanol–water partition coefficient (Wildman–Crippen LogP) is 4.05. The van der Waals surface area contributed by atoms with E-state index in [4.69, 9.17) is 19.4 Å². The van der Waals surface area contributed by atoms with E-state index in [1.54, 1.807) is 24.7 Å². The summed E-state index contributed by atoms with van der Waals surface area (Å²) in [5.74, 6) is -1.10. The fraction of sp³-hybridized carbons (Fsp3) is 0.636. The Morgan fingerprint density at radius 1 is 1.43 bits per heavy atom. The zero-order valence-electron chi connectivity index (χ0n) is 17.9. The largest absolute Gasteiger partial charge is 0.497 e. The minimum atomic E-state index is -0.759. The van der Waals surface area contributed by atoms with Gasteiger partial charge in [0.25, 0.3) is 6.26 Å². The van der Waals surface area contributed by atoms with Gasteiger partial charge in [-0.05, 0) is 44.5 Å². The summed E-state index contributed by atoms with van der Waals surface area (Å²) in [5, 5.41) is 9.04. The molecule has 1 aromatic rings. The van der Waals surface area contributed by atoms with Gasteiger partial charge in [0.05, 0.1) is 30.6 Å². The van der Waals surface area contributed by atoms with Crippen LogP contribution in [0.4, 0.5) is 0 Å². The molecule has 160 valence electrons. The highest BCUT2D eigenvalue weighted by molar-refractivity contribution is 6.58. The molecule has 1 aliphatic carbocycles. The van der Waals surface area contributed by atoms with Crippen molar-refractivity contribution < 1.29 is 23.7 Å². The van der Waals surface area contributed by atoms with Crippen molar-refractivity contribution in [1.29, 1.82) is 5.26 Å². The summed E-state index contributed by atoms with van der Waals surface area (Å²) in [6, 6.07) is 1.67. The van der Waals surface area contributed by atoms with Crippen molar-refractivity contribution in [3.05, 3.63) is 24.0 Å². The zero-order valence-corrected chi connectivity index (χ0v) is 17.9. The average molecular weight is 412 g/mol. The molecule has 0 bridgehead atoms. The van der Waals surface area contributed by atoms with Crippen molar-refractivity contribution in [2.24, 2.45) is 11.8 Å². The normalized spacial score (nSPS) is 24.7. The fourth-order valence-corrected chi connectivity index (χ4v) is 5.13. The number of nitriles is 1. The molecule has 2 heterocycles. The molecule has 3 rings (SSSR count). The summed E-state index contributed by atoms with van der Waals surface area (Å²) in [6.45, 7) is 3.19. The SMILES string of the molecule is CCB(OC#N)C(CC1C(=O)c2ccncc2OC1(C)C1CCCCC1)C(=O)OC. The average Bonchev–Trinajstić information content (AvgIpc) is 2.78. The second kappa shape index (κ2) is 9.50. The van der Waals surface area contributed by atoms with Crippen LogP contribution in [0.5, 0.6) is 5.75 Å². The number of ether oxygens (including phenoxy) is 2. The highest BCUT2D eigenvalue weighted by atomic mass is 16.5. The number of Topliss-reactive ketones (excluding diaryl/α,β-unsaturated/α-hetero) is 1. The van der Waals surface area contributed by atoms with Gasteiger partial charge in [0.2, 0.25) is 0 Å². The van der Waals surface area contributed by atoms with Crippen LogP contribution in [0.3, 0.4) is 0 Å². The van der Waals surface area contributed by atoms with Crippen LogP contribution >= 0.6 is 0 Å². The number of pyridine rings is 1. The van der Waals surface area contributed by atoms with Crippen molar-refractivity contribution in [1.82, 2.24) is 4.98 Å². The molecule has 0 amide bonds. The van der Waals surface area contributed by atoms with Crippen LogP contribution in [-0.4, -0.2) is 36.4 Å². The third kappa shape index (κ3) is 4.16. The monoisotopic (exact) mass is 412 g/mol. The van der Waals surface area contributed by atoms with Gasteiger partial charge in [0.1, 0.15) is 11.4 Å². The Labute approximate surface area is 178 Å². The second-order valence-corrected chi connectivity index (χ2v) is 8.43. The number of fused-ring (bicyclic) bond motifs is 1. The highest BCUT2D eigenvalue weighted by Gasteiger charge is 2.53. The lowest BCUT2D eigenvalue weighted by Crippen LogP contribution is -2.55. The Morgan fingerprint density at radius 3 is 2.80 bits per heavy atom. The van der Waals surface area contributed by atoms with Crippen LogP contribution in [0.1, 0.15) is 62.7 Å².